The number of amides is 1. The lowest BCUT2D eigenvalue weighted by molar-refractivity contribution is 0.0952. The van der Waals surface area contributed by atoms with Gasteiger partial charge in [0.25, 0.3) is 11.5 Å². The molecule has 0 unspecified atom stereocenters. The lowest BCUT2D eigenvalue weighted by Crippen LogP contribution is -2.25. The second kappa shape index (κ2) is 5.92. The minimum absolute atomic E-state index is 0.299. The minimum atomic E-state index is -0.325. The van der Waals surface area contributed by atoms with E-state index in [1.165, 1.54) is 4.68 Å². The highest BCUT2D eigenvalue weighted by Crippen LogP contribution is 2.14. The van der Waals surface area contributed by atoms with Gasteiger partial charge >= 0.3 is 0 Å². The van der Waals surface area contributed by atoms with E-state index in [9.17, 15) is 9.59 Å². The molecule has 2 N–H and O–H groups in total. The van der Waals surface area contributed by atoms with Gasteiger partial charge in [-0.1, -0.05) is 6.07 Å². The maximum absolute atomic E-state index is 12.6. The third kappa shape index (κ3) is 2.80. The predicted octanol–water partition coefficient (Wildman–Crippen LogP) is 1.51. The van der Waals surface area contributed by atoms with Gasteiger partial charge in [-0.2, -0.15) is 0 Å². The Kier molecular flexibility index (Phi) is 3.92. The van der Waals surface area contributed by atoms with Crippen LogP contribution in [0.5, 0.6) is 0 Å². The number of nitrogens with zero attached hydrogens (tertiary/aromatic N) is 3. The van der Waals surface area contributed by atoms with Crippen molar-refractivity contribution in [2.75, 3.05) is 0 Å². The van der Waals surface area contributed by atoms with E-state index in [1.54, 1.807) is 20.0 Å². The molecule has 0 bridgehead atoms. The van der Waals surface area contributed by atoms with Crippen molar-refractivity contribution in [2.45, 2.75) is 27.3 Å². The van der Waals surface area contributed by atoms with Crippen molar-refractivity contribution in [1.29, 1.82) is 0 Å². The van der Waals surface area contributed by atoms with E-state index >= 15 is 0 Å². The summed E-state index contributed by atoms with van der Waals surface area (Å²) >= 11 is 0. The molecule has 3 heterocycles. The van der Waals surface area contributed by atoms with Gasteiger partial charge in [-0.25, -0.2) is 4.98 Å². The van der Waals surface area contributed by atoms with E-state index in [0.29, 0.717) is 28.8 Å². The first-order valence-electron chi connectivity index (χ1n) is 7.64. The summed E-state index contributed by atoms with van der Waals surface area (Å²) in [6.07, 6.45) is 0. The zero-order valence-corrected chi connectivity index (χ0v) is 14.1. The first kappa shape index (κ1) is 15.9. The zero-order valence-electron chi connectivity index (χ0n) is 14.1. The Hall–Kier alpha value is -2.96. The van der Waals surface area contributed by atoms with Gasteiger partial charge in [0.2, 0.25) is 0 Å². The number of nitrogens with one attached hydrogen (secondary N) is 2. The van der Waals surface area contributed by atoms with Crippen LogP contribution in [0, 0.1) is 20.8 Å². The van der Waals surface area contributed by atoms with E-state index in [-0.39, 0.29) is 11.5 Å². The number of pyridine rings is 2. The number of rotatable bonds is 3. The molecule has 0 aliphatic carbocycles. The first-order valence-corrected chi connectivity index (χ1v) is 7.64. The molecule has 3 aromatic rings. The van der Waals surface area contributed by atoms with Crippen molar-refractivity contribution in [3.05, 3.63) is 56.8 Å². The van der Waals surface area contributed by atoms with Gasteiger partial charge in [0.15, 0.2) is 5.65 Å². The summed E-state index contributed by atoms with van der Waals surface area (Å²) in [6, 6.07) is 5.48. The summed E-state index contributed by atoms with van der Waals surface area (Å²) in [7, 11) is 1.69. The standard InChI is InChI=1S/C17H19N5O2/c1-9-5-6-12(20-11(9)3)8-18-16(23)13-7-10(2)19-15-14(13)17(24)21-22(15)4/h5-7H,8H2,1-4H3,(H,18,23)(H,21,24). The Bertz CT molecular complexity index is 1000. The minimum Gasteiger partial charge on any atom is -0.346 e. The molecule has 124 valence electrons. The number of hydrogen-bond acceptors (Lipinski definition) is 4. The van der Waals surface area contributed by atoms with E-state index < -0.39 is 0 Å². The van der Waals surface area contributed by atoms with Crippen molar-refractivity contribution in [2.24, 2.45) is 7.05 Å². The summed E-state index contributed by atoms with van der Waals surface area (Å²) in [4.78, 5) is 33.4. The van der Waals surface area contributed by atoms with Crippen LogP contribution in [0.2, 0.25) is 0 Å². The van der Waals surface area contributed by atoms with Gasteiger partial charge < -0.3 is 5.32 Å². The Morgan fingerprint density at radius 1 is 1.25 bits per heavy atom. The number of aromatic nitrogens is 4. The number of fused-ring (bicyclic) bond motifs is 1. The normalized spacial score (nSPS) is 11.0. The third-order valence-corrected chi connectivity index (χ3v) is 4.02. The molecule has 3 rings (SSSR count). The Balaban J connectivity index is 1.91. The molecule has 7 nitrogen and oxygen atoms in total. The molecule has 0 saturated heterocycles. The van der Waals surface area contributed by atoms with Gasteiger partial charge in [-0.15, -0.1) is 0 Å². The fourth-order valence-corrected chi connectivity index (χ4v) is 2.61. The van der Waals surface area contributed by atoms with Crippen molar-refractivity contribution >= 4 is 16.9 Å². The fourth-order valence-electron chi connectivity index (χ4n) is 2.61. The summed E-state index contributed by atoms with van der Waals surface area (Å²) in [6.45, 7) is 6.01. The fraction of sp³-hybridized carbons (Fsp3) is 0.294. The van der Waals surface area contributed by atoms with Crippen molar-refractivity contribution < 1.29 is 4.79 Å². The van der Waals surface area contributed by atoms with Crippen LogP contribution in [-0.4, -0.2) is 25.7 Å². The van der Waals surface area contributed by atoms with Crippen LogP contribution < -0.4 is 10.9 Å². The van der Waals surface area contributed by atoms with Crippen molar-refractivity contribution in [3.63, 3.8) is 0 Å². The number of carbonyl (C=O) groups excluding carboxylic acids is 1. The molecule has 0 spiro atoms. The average molecular weight is 325 g/mol. The van der Waals surface area contributed by atoms with Crippen LogP contribution in [0.4, 0.5) is 0 Å². The largest absolute Gasteiger partial charge is 0.346 e. The smallest absolute Gasteiger partial charge is 0.274 e. The Labute approximate surface area is 138 Å². The monoisotopic (exact) mass is 325 g/mol. The number of hydrogen-bond donors (Lipinski definition) is 2. The molecule has 0 aliphatic heterocycles. The zero-order chi connectivity index (χ0) is 17.4. The molecule has 0 fully saturated rings. The lowest BCUT2D eigenvalue weighted by atomic mass is 10.1. The summed E-state index contributed by atoms with van der Waals surface area (Å²) in [5, 5.41) is 5.76. The van der Waals surface area contributed by atoms with Crippen LogP contribution in [0.3, 0.4) is 0 Å². The van der Waals surface area contributed by atoms with Gasteiger partial charge in [-0.05, 0) is 38.5 Å². The summed E-state index contributed by atoms with van der Waals surface area (Å²) in [5.41, 5.74) is 3.95. The van der Waals surface area contributed by atoms with Crippen LogP contribution in [0.25, 0.3) is 11.0 Å². The average Bonchev–Trinajstić information content (AvgIpc) is 2.82. The highest BCUT2D eigenvalue weighted by molar-refractivity contribution is 6.05. The molecule has 0 atom stereocenters. The molecule has 0 aliphatic rings. The maximum atomic E-state index is 12.6. The molecule has 0 radical (unpaired) electrons. The molecular weight excluding hydrogens is 306 g/mol. The van der Waals surface area contributed by atoms with E-state index in [0.717, 1.165) is 17.0 Å². The third-order valence-electron chi connectivity index (χ3n) is 4.02. The second-order valence-electron chi connectivity index (χ2n) is 5.90. The van der Waals surface area contributed by atoms with Gasteiger partial charge in [0, 0.05) is 18.4 Å². The molecule has 3 aromatic heterocycles. The maximum Gasteiger partial charge on any atom is 0.274 e. The number of aromatic amines is 1. The molecule has 7 heteroatoms. The Morgan fingerprint density at radius 3 is 2.71 bits per heavy atom. The Morgan fingerprint density at radius 2 is 2.00 bits per heavy atom. The highest BCUT2D eigenvalue weighted by atomic mass is 16.2. The van der Waals surface area contributed by atoms with Crippen LogP contribution >= 0.6 is 0 Å². The summed E-state index contributed by atoms with van der Waals surface area (Å²) in [5.74, 6) is -0.317. The number of carbonyl (C=O) groups is 1. The van der Waals surface area contributed by atoms with Gasteiger partial charge in [-0.3, -0.25) is 24.4 Å². The van der Waals surface area contributed by atoms with Gasteiger partial charge in [0.05, 0.1) is 23.2 Å². The summed E-state index contributed by atoms with van der Waals surface area (Å²) < 4.78 is 1.52. The molecule has 1 amide bonds. The molecular formula is C17H19N5O2. The molecule has 0 aromatic carbocycles. The second-order valence-corrected chi connectivity index (χ2v) is 5.90. The van der Waals surface area contributed by atoms with Crippen molar-refractivity contribution in [3.8, 4) is 0 Å². The first-order chi connectivity index (χ1) is 11.4. The van der Waals surface area contributed by atoms with E-state index in [1.807, 2.05) is 26.0 Å². The predicted molar refractivity (Wildman–Crippen MR) is 91.0 cm³/mol. The van der Waals surface area contributed by atoms with Crippen LogP contribution in [0.15, 0.2) is 23.0 Å². The SMILES string of the molecule is Cc1cc(C(=O)NCc2ccc(C)c(C)n2)c2c(=O)[nH]n(C)c2n1. The highest BCUT2D eigenvalue weighted by Gasteiger charge is 2.17. The van der Waals surface area contributed by atoms with Crippen LogP contribution in [-0.2, 0) is 13.6 Å². The lowest BCUT2D eigenvalue weighted by Gasteiger charge is -2.08. The molecule has 24 heavy (non-hydrogen) atoms. The van der Waals surface area contributed by atoms with Crippen LogP contribution in [0.1, 0.15) is 33.0 Å². The van der Waals surface area contributed by atoms with Crippen molar-refractivity contribution in [1.82, 2.24) is 25.1 Å². The number of aryl methyl sites for hydroxylation is 4. The molecule has 0 saturated carbocycles. The van der Waals surface area contributed by atoms with Gasteiger partial charge in [0.1, 0.15) is 0 Å². The topological polar surface area (TPSA) is 92.7 Å². The van der Waals surface area contributed by atoms with E-state index in [2.05, 4.69) is 20.4 Å². The van der Waals surface area contributed by atoms with E-state index in [4.69, 9.17) is 0 Å². The quantitative estimate of drug-likeness (QED) is 0.763. The number of H-pyrrole nitrogens is 1.